The first kappa shape index (κ1) is 20.4. The third-order valence-corrected chi connectivity index (χ3v) is 7.40. The van der Waals surface area contributed by atoms with Gasteiger partial charge in [0.2, 0.25) is 5.91 Å². The standard InChI is InChI=1S/C24H34N2O3/c1-18-10-14-25(15-11-18)23(28)21-19-8-4-5-9-20(19)22(27)26(16-17-29-2)24(21)12-6-3-7-13-24/h4-5,8-9,18,21H,3,6-7,10-17H2,1-2H3/t21-/m0/s1. The van der Waals surface area contributed by atoms with Crippen molar-refractivity contribution in [2.24, 2.45) is 5.92 Å². The quantitative estimate of drug-likeness (QED) is 0.774. The van der Waals surface area contributed by atoms with Crippen LogP contribution in [0.3, 0.4) is 0 Å². The van der Waals surface area contributed by atoms with Crippen LogP contribution in [0.15, 0.2) is 24.3 Å². The first-order valence-electron chi connectivity index (χ1n) is 11.3. The van der Waals surface area contributed by atoms with Crippen molar-refractivity contribution in [2.75, 3.05) is 33.4 Å². The molecule has 3 aliphatic rings. The van der Waals surface area contributed by atoms with Crippen molar-refractivity contribution >= 4 is 11.8 Å². The van der Waals surface area contributed by atoms with E-state index >= 15 is 0 Å². The van der Waals surface area contributed by atoms with Gasteiger partial charge in [-0.05, 0) is 43.2 Å². The molecule has 0 aromatic heterocycles. The SMILES string of the molecule is COCCN1C(=O)c2ccccc2[C@@H](C(=O)N2CCC(C)CC2)C12CCCCC2. The minimum atomic E-state index is -0.414. The molecular weight excluding hydrogens is 364 g/mol. The fraction of sp³-hybridized carbons (Fsp3) is 0.667. The van der Waals surface area contributed by atoms with Crippen LogP contribution in [0, 0.1) is 5.92 Å². The van der Waals surface area contributed by atoms with E-state index in [4.69, 9.17) is 4.74 Å². The Bertz CT molecular complexity index is 748. The number of carbonyl (C=O) groups excluding carboxylic acids is 2. The number of piperidine rings is 1. The van der Waals surface area contributed by atoms with Gasteiger partial charge < -0.3 is 14.5 Å². The monoisotopic (exact) mass is 398 g/mol. The summed E-state index contributed by atoms with van der Waals surface area (Å²) in [4.78, 5) is 31.6. The summed E-state index contributed by atoms with van der Waals surface area (Å²) in [6.07, 6.45) is 7.26. The lowest BCUT2D eigenvalue weighted by molar-refractivity contribution is -0.139. The van der Waals surface area contributed by atoms with Gasteiger partial charge in [0, 0.05) is 32.3 Å². The Morgan fingerprint density at radius 1 is 1.14 bits per heavy atom. The largest absolute Gasteiger partial charge is 0.383 e. The van der Waals surface area contributed by atoms with Crippen LogP contribution in [0.4, 0.5) is 0 Å². The summed E-state index contributed by atoms with van der Waals surface area (Å²) in [5.41, 5.74) is 1.22. The van der Waals surface area contributed by atoms with Gasteiger partial charge in [0.1, 0.15) is 0 Å². The molecule has 0 radical (unpaired) electrons. The smallest absolute Gasteiger partial charge is 0.254 e. The molecule has 1 saturated carbocycles. The molecule has 1 aliphatic carbocycles. The summed E-state index contributed by atoms with van der Waals surface area (Å²) >= 11 is 0. The minimum absolute atomic E-state index is 0.0656. The maximum absolute atomic E-state index is 14.0. The minimum Gasteiger partial charge on any atom is -0.383 e. The predicted octanol–water partition coefficient (Wildman–Crippen LogP) is 3.83. The first-order chi connectivity index (χ1) is 14.1. The number of ether oxygens (including phenoxy) is 1. The molecule has 0 bridgehead atoms. The van der Waals surface area contributed by atoms with E-state index in [1.807, 2.05) is 29.2 Å². The zero-order chi connectivity index (χ0) is 20.4. The molecule has 0 unspecified atom stereocenters. The highest BCUT2D eigenvalue weighted by Gasteiger charge is 2.55. The molecule has 1 atom stereocenters. The zero-order valence-electron chi connectivity index (χ0n) is 17.9. The molecule has 2 amide bonds. The Kier molecular flexibility index (Phi) is 5.95. The number of likely N-dealkylation sites (tertiary alicyclic amines) is 1. The van der Waals surface area contributed by atoms with Crippen LogP contribution in [-0.2, 0) is 9.53 Å². The Balaban J connectivity index is 1.78. The van der Waals surface area contributed by atoms with E-state index in [1.165, 1.54) is 6.42 Å². The maximum atomic E-state index is 14.0. The number of rotatable bonds is 4. The fourth-order valence-corrected chi connectivity index (χ4v) is 5.74. The lowest BCUT2D eigenvalue weighted by Gasteiger charge is -2.54. The molecule has 158 valence electrons. The molecule has 2 aliphatic heterocycles. The van der Waals surface area contributed by atoms with Crippen molar-refractivity contribution < 1.29 is 14.3 Å². The number of nitrogens with zero attached hydrogens (tertiary/aromatic N) is 2. The fourth-order valence-electron chi connectivity index (χ4n) is 5.74. The number of fused-ring (bicyclic) bond motifs is 1. The zero-order valence-corrected chi connectivity index (χ0v) is 17.9. The summed E-state index contributed by atoms with van der Waals surface area (Å²) in [5, 5.41) is 0. The van der Waals surface area contributed by atoms with E-state index < -0.39 is 5.54 Å². The number of hydrogen-bond acceptors (Lipinski definition) is 3. The second-order valence-electron chi connectivity index (χ2n) is 9.14. The Morgan fingerprint density at radius 2 is 1.83 bits per heavy atom. The van der Waals surface area contributed by atoms with Gasteiger partial charge in [0.05, 0.1) is 18.1 Å². The normalized spacial score (nSPS) is 24.6. The summed E-state index contributed by atoms with van der Waals surface area (Å²) in [6.45, 7) is 4.98. The highest BCUT2D eigenvalue weighted by atomic mass is 16.5. The van der Waals surface area contributed by atoms with Crippen LogP contribution in [0.2, 0.25) is 0 Å². The van der Waals surface area contributed by atoms with Crippen LogP contribution in [0.1, 0.15) is 73.7 Å². The molecule has 1 spiro atoms. The van der Waals surface area contributed by atoms with E-state index in [2.05, 4.69) is 11.8 Å². The number of hydrogen-bond donors (Lipinski definition) is 0. The van der Waals surface area contributed by atoms with Gasteiger partial charge in [-0.25, -0.2) is 0 Å². The number of carbonyl (C=O) groups is 2. The highest BCUT2D eigenvalue weighted by Crippen LogP contribution is 2.50. The van der Waals surface area contributed by atoms with Crippen LogP contribution in [0.25, 0.3) is 0 Å². The molecule has 2 heterocycles. The third kappa shape index (κ3) is 3.58. The number of amides is 2. The average Bonchev–Trinajstić information content (AvgIpc) is 2.75. The summed E-state index contributed by atoms with van der Waals surface area (Å²) in [6, 6.07) is 7.80. The van der Waals surface area contributed by atoms with Gasteiger partial charge in [0.25, 0.3) is 5.91 Å². The maximum Gasteiger partial charge on any atom is 0.254 e. The lowest BCUT2D eigenvalue weighted by atomic mass is 9.65. The molecule has 1 aromatic rings. The molecule has 5 nitrogen and oxygen atoms in total. The van der Waals surface area contributed by atoms with Crippen LogP contribution in [0.5, 0.6) is 0 Å². The lowest BCUT2D eigenvalue weighted by Crippen LogP contribution is -2.63. The van der Waals surface area contributed by atoms with Crippen molar-refractivity contribution in [3.05, 3.63) is 35.4 Å². The van der Waals surface area contributed by atoms with Crippen molar-refractivity contribution in [1.29, 1.82) is 0 Å². The van der Waals surface area contributed by atoms with Gasteiger partial charge in [-0.2, -0.15) is 0 Å². The predicted molar refractivity (Wildman–Crippen MR) is 113 cm³/mol. The molecule has 2 fully saturated rings. The molecular formula is C24H34N2O3. The number of benzene rings is 1. The molecule has 5 heteroatoms. The Morgan fingerprint density at radius 3 is 2.52 bits per heavy atom. The topological polar surface area (TPSA) is 49.9 Å². The van der Waals surface area contributed by atoms with Crippen LogP contribution in [-0.4, -0.2) is 60.5 Å². The van der Waals surface area contributed by atoms with Gasteiger partial charge in [0.15, 0.2) is 0 Å². The van der Waals surface area contributed by atoms with E-state index in [0.29, 0.717) is 24.6 Å². The van der Waals surface area contributed by atoms with Gasteiger partial charge in [-0.1, -0.05) is 44.4 Å². The van der Waals surface area contributed by atoms with Crippen molar-refractivity contribution in [1.82, 2.24) is 9.80 Å². The first-order valence-corrected chi connectivity index (χ1v) is 11.3. The van der Waals surface area contributed by atoms with Crippen LogP contribution < -0.4 is 0 Å². The van der Waals surface area contributed by atoms with E-state index in [0.717, 1.165) is 57.2 Å². The Hall–Kier alpha value is -1.88. The third-order valence-electron chi connectivity index (χ3n) is 7.40. The average molecular weight is 399 g/mol. The van der Waals surface area contributed by atoms with Crippen molar-refractivity contribution in [2.45, 2.75) is 63.3 Å². The van der Waals surface area contributed by atoms with Crippen molar-refractivity contribution in [3.8, 4) is 0 Å². The molecule has 29 heavy (non-hydrogen) atoms. The highest BCUT2D eigenvalue weighted by molar-refractivity contribution is 6.02. The summed E-state index contributed by atoms with van der Waals surface area (Å²) < 4.78 is 5.35. The van der Waals surface area contributed by atoms with Gasteiger partial charge in [-0.3, -0.25) is 9.59 Å². The molecule has 1 saturated heterocycles. The Labute approximate surface area is 174 Å². The second kappa shape index (κ2) is 8.47. The van der Waals surface area contributed by atoms with Crippen LogP contribution >= 0.6 is 0 Å². The molecule has 0 N–H and O–H groups in total. The van der Waals surface area contributed by atoms with Gasteiger partial charge in [-0.15, -0.1) is 0 Å². The summed E-state index contributed by atoms with van der Waals surface area (Å²) in [7, 11) is 1.67. The molecule has 4 rings (SSSR count). The van der Waals surface area contributed by atoms with E-state index in [1.54, 1.807) is 7.11 Å². The van der Waals surface area contributed by atoms with Crippen molar-refractivity contribution in [3.63, 3.8) is 0 Å². The van der Waals surface area contributed by atoms with Gasteiger partial charge >= 0.3 is 0 Å². The summed E-state index contributed by atoms with van der Waals surface area (Å²) in [5.74, 6) is 0.708. The number of methoxy groups -OCH3 is 1. The van der Waals surface area contributed by atoms with E-state index in [9.17, 15) is 9.59 Å². The molecule has 1 aromatic carbocycles. The van der Waals surface area contributed by atoms with E-state index in [-0.39, 0.29) is 17.7 Å². The second-order valence-corrected chi connectivity index (χ2v) is 9.14.